The third kappa shape index (κ3) is 4.90. The molecule has 0 unspecified atom stereocenters. The van der Waals surface area contributed by atoms with E-state index < -0.39 is 22.1 Å². The van der Waals surface area contributed by atoms with Gasteiger partial charge in [-0.15, -0.1) is 0 Å². The Morgan fingerprint density at radius 2 is 1.42 bits per heavy atom. The number of carbonyl (C=O) groups excluding carboxylic acids is 1. The van der Waals surface area contributed by atoms with Crippen LogP contribution < -0.4 is 34.6 Å². The molecule has 0 atom stereocenters. The summed E-state index contributed by atoms with van der Waals surface area (Å²) in [5.41, 5.74) is 1.46. The average molecular weight is 526 g/mol. The van der Waals surface area contributed by atoms with Crippen molar-refractivity contribution in [2.45, 2.75) is 45.2 Å². The number of amides is 1. The van der Waals surface area contributed by atoms with Crippen molar-refractivity contribution in [3.63, 3.8) is 0 Å². The number of anilines is 1. The van der Waals surface area contributed by atoms with Gasteiger partial charge in [-0.3, -0.25) is 4.79 Å². The maximum atomic E-state index is 13.0. The topological polar surface area (TPSA) is 79.2 Å². The van der Waals surface area contributed by atoms with Gasteiger partial charge in [-0.1, -0.05) is 54.7 Å². The fourth-order valence-corrected chi connectivity index (χ4v) is 15.0. The van der Waals surface area contributed by atoms with Gasteiger partial charge in [0.2, 0.25) is 0 Å². The number of ether oxygens (including phenoxy) is 4. The monoisotopic (exact) mass is 525 g/mol. The van der Waals surface area contributed by atoms with Crippen molar-refractivity contribution in [2.24, 2.45) is 0 Å². The number of fused-ring (bicyclic) bond motifs is 1. The fraction of sp³-hybridized carbons (Fsp3) is 0.370. The minimum atomic E-state index is -1.53. The van der Waals surface area contributed by atoms with Crippen molar-refractivity contribution in [3.8, 4) is 28.9 Å². The molecule has 0 aliphatic carbocycles. The lowest BCUT2D eigenvalue weighted by molar-refractivity contribution is 0.0991. The molecule has 2 aromatic carbocycles. The first-order valence-corrected chi connectivity index (χ1v) is 18.4. The molecular formula is C27H35NO6Si2. The summed E-state index contributed by atoms with van der Waals surface area (Å²) in [5.74, 6) is 2.08. The lowest BCUT2D eigenvalue weighted by Gasteiger charge is -2.40. The Bertz CT molecular complexity index is 1270. The smallest absolute Gasteiger partial charge is 0.291 e. The molecule has 0 spiro atoms. The Balaban J connectivity index is 1.58. The molecule has 9 heteroatoms. The zero-order valence-corrected chi connectivity index (χ0v) is 24.3. The number of benzene rings is 2. The van der Waals surface area contributed by atoms with E-state index in [-0.39, 0.29) is 11.7 Å². The summed E-state index contributed by atoms with van der Waals surface area (Å²) in [5, 5.41) is 5.88. The van der Waals surface area contributed by atoms with Crippen LogP contribution in [0.3, 0.4) is 0 Å². The Kier molecular flexibility index (Phi) is 6.98. The molecule has 0 bridgehead atoms. The summed E-state index contributed by atoms with van der Waals surface area (Å²) in [4.78, 5) is 13.0. The molecule has 0 fully saturated rings. The minimum absolute atomic E-state index is 0.115. The third-order valence-corrected chi connectivity index (χ3v) is 14.6. The molecular weight excluding hydrogens is 490 g/mol. The van der Waals surface area contributed by atoms with E-state index in [0.29, 0.717) is 22.9 Å². The highest BCUT2D eigenvalue weighted by atomic mass is 28.3. The second-order valence-corrected chi connectivity index (χ2v) is 20.1. The van der Waals surface area contributed by atoms with Crippen LogP contribution in [0, 0.1) is 6.92 Å². The number of hydrogen-bond donors (Lipinski definition) is 1. The van der Waals surface area contributed by atoms with Crippen molar-refractivity contribution < 1.29 is 28.2 Å². The van der Waals surface area contributed by atoms with Gasteiger partial charge in [0.1, 0.15) is 28.7 Å². The van der Waals surface area contributed by atoms with Gasteiger partial charge in [0.15, 0.2) is 5.76 Å². The summed E-state index contributed by atoms with van der Waals surface area (Å²) >= 11 is 0. The first-order valence-electron chi connectivity index (χ1n) is 12.0. The molecule has 1 aromatic heterocycles. The summed E-state index contributed by atoms with van der Waals surface area (Å²) in [7, 11) is 1.60. The first-order chi connectivity index (χ1) is 17.0. The van der Waals surface area contributed by atoms with Gasteiger partial charge in [0.25, 0.3) is 11.9 Å². The maximum Gasteiger partial charge on any atom is 0.291 e. The van der Waals surface area contributed by atoms with Crippen LogP contribution >= 0.6 is 0 Å². The highest BCUT2D eigenvalue weighted by Crippen LogP contribution is 2.39. The Labute approximate surface area is 214 Å². The normalized spacial score (nSPS) is 15.6. The minimum Gasteiger partial charge on any atom is -0.496 e. The van der Waals surface area contributed by atoms with E-state index in [4.69, 9.17) is 23.4 Å². The van der Waals surface area contributed by atoms with Crippen LogP contribution in [0.4, 0.5) is 5.69 Å². The number of carbonyl (C=O) groups is 1. The number of nitrogens with one attached hydrogen (secondary N) is 1. The Morgan fingerprint density at radius 1 is 0.833 bits per heavy atom. The van der Waals surface area contributed by atoms with Crippen LogP contribution in [0.25, 0.3) is 0 Å². The summed E-state index contributed by atoms with van der Waals surface area (Å²) in [6.45, 7) is 11.9. The van der Waals surface area contributed by atoms with Gasteiger partial charge >= 0.3 is 0 Å². The van der Waals surface area contributed by atoms with Gasteiger partial charge < -0.3 is 28.7 Å². The number of methoxy groups -OCH3 is 3. The zero-order valence-electron chi connectivity index (χ0n) is 22.3. The molecule has 36 heavy (non-hydrogen) atoms. The maximum absolute atomic E-state index is 13.0. The second-order valence-electron chi connectivity index (χ2n) is 10.5. The Hall–Kier alpha value is -3.18. The van der Waals surface area contributed by atoms with Crippen LogP contribution in [0.1, 0.15) is 16.1 Å². The zero-order chi connectivity index (χ0) is 26.3. The van der Waals surface area contributed by atoms with E-state index >= 15 is 0 Å². The largest absolute Gasteiger partial charge is 0.496 e. The predicted molar refractivity (Wildman–Crippen MR) is 148 cm³/mol. The lowest BCUT2D eigenvalue weighted by Crippen LogP contribution is -2.63. The summed E-state index contributed by atoms with van der Waals surface area (Å²) in [6, 6.07) is 13.8. The van der Waals surface area contributed by atoms with Gasteiger partial charge in [0, 0.05) is 18.2 Å². The first kappa shape index (κ1) is 25.9. The molecule has 2 heterocycles. The van der Waals surface area contributed by atoms with Crippen molar-refractivity contribution >= 4 is 38.1 Å². The van der Waals surface area contributed by atoms with E-state index in [1.165, 1.54) is 31.5 Å². The molecule has 4 rings (SSSR count). The Morgan fingerprint density at radius 3 is 1.97 bits per heavy atom. The lowest BCUT2D eigenvalue weighted by atomic mass is 10.2. The number of aryl methyl sites for hydroxylation is 1. The molecule has 3 aromatic rings. The van der Waals surface area contributed by atoms with Crippen LogP contribution in [0.2, 0.25) is 38.3 Å². The van der Waals surface area contributed by atoms with Gasteiger partial charge in [-0.05, 0) is 24.6 Å². The number of furan rings is 1. The second kappa shape index (κ2) is 9.70. The van der Waals surface area contributed by atoms with Crippen molar-refractivity contribution in [1.82, 2.24) is 0 Å². The van der Waals surface area contributed by atoms with E-state index in [0.717, 1.165) is 11.3 Å². The van der Waals surface area contributed by atoms with E-state index in [1.807, 2.05) is 0 Å². The van der Waals surface area contributed by atoms with Crippen molar-refractivity contribution in [1.29, 1.82) is 0 Å². The highest BCUT2D eigenvalue weighted by molar-refractivity contribution is 7.03. The van der Waals surface area contributed by atoms with E-state index in [9.17, 15) is 4.79 Å². The fourth-order valence-electron chi connectivity index (χ4n) is 4.72. The molecule has 7 nitrogen and oxygen atoms in total. The molecule has 0 radical (unpaired) electrons. The number of rotatable bonds is 7. The van der Waals surface area contributed by atoms with Crippen LogP contribution in [-0.2, 0) is 0 Å². The van der Waals surface area contributed by atoms with Gasteiger partial charge in [-0.2, -0.15) is 0 Å². The predicted octanol–water partition coefficient (Wildman–Crippen LogP) is 5.50. The van der Waals surface area contributed by atoms with E-state index in [2.05, 4.69) is 50.6 Å². The van der Waals surface area contributed by atoms with E-state index in [1.54, 1.807) is 36.6 Å². The summed E-state index contributed by atoms with van der Waals surface area (Å²) in [6.07, 6.45) is 0. The molecule has 192 valence electrons. The summed E-state index contributed by atoms with van der Waals surface area (Å²) < 4.78 is 28.1. The molecule has 1 aliphatic heterocycles. The molecule has 1 N–H and O–H groups in total. The van der Waals surface area contributed by atoms with Gasteiger partial charge in [0.05, 0.1) is 37.5 Å². The SMILES string of the molecule is COc1cc(OC)c(NC(=O)c2ccc(Oc3cc4c(cc3C)[Si](C)(C)CC[Si]4(C)C)o2)c(OC)c1. The van der Waals surface area contributed by atoms with Crippen LogP contribution in [0.15, 0.2) is 40.8 Å². The standard InChI is InChI=1S/C27H35NO6Si2/c1-17-13-23-24(36(7,8)12-11-35(23,5)6)16-20(17)34-25-10-9-19(33-25)27(29)28-26-21(31-3)14-18(30-2)15-22(26)32-4/h9-10,13-16H,11-12H2,1-8H3,(H,28,29). The third-order valence-electron chi connectivity index (χ3n) is 7.12. The van der Waals surface area contributed by atoms with Crippen molar-refractivity contribution in [2.75, 3.05) is 26.6 Å². The van der Waals surface area contributed by atoms with Crippen LogP contribution in [0.5, 0.6) is 28.9 Å². The molecule has 0 saturated carbocycles. The number of hydrogen-bond acceptors (Lipinski definition) is 6. The molecule has 0 saturated heterocycles. The van der Waals surface area contributed by atoms with Crippen molar-refractivity contribution in [3.05, 3.63) is 47.7 Å². The van der Waals surface area contributed by atoms with Gasteiger partial charge in [-0.25, -0.2) is 0 Å². The average Bonchev–Trinajstić information content (AvgIpc) is 3.31. The highest BCUT2D eigenvalue weighted by Gasteiger charge is 2.40. The quantitative estimate of drug-likeness (QED) is 0.410. The van der Waals surface area contributed by atoms with Crippen LogP contribution in [-0.4, -0.2) is 43.4 Å². The molecule has 1 aliphatic rings. The molecule has 1 amide bonds.